The molecule has 3 aromatic rings. The van der Waals surface area contributed by atoms with Crippen LogP contribution in [0.3, 0.4) is 0 Å². The largest absolute Gasteiger partial charge is 0.495 e. The minimum atomic E-state index is -0.134. The molecule has 0 bridgehead atoms. The lowest BCUT2D eigenvalue weighted by Crippen LogP contribution is -2.11. The SMILES string of the molecule is COc1ccc(-c2csc(NC(=O)c3cc(C)sc3C)n2)cc1Cl. The van der Waals surface area contributed by atoms with Crippen molar-refractivity contribution in [2.24, 2.45) is 0 Å². The van der Waals surface area contributed by atoms with E-state index >= 15 is 0 Å². The van der Waals surface area contributed by atoms with Crippen LogP contribution in [0.4, 0.5) is 5.13 Å². The topological polar surface area (TPSA) is 51.2 Å². The molecule has 0 unspecified atom stereocenters. The van der Waals surface area contributed by atoms with Gasteiger partial charge in [0.15, 0.2) is 5.13 Å². The number of benzene rings is 1. The minimum Gasteiger partial charge on any atom is -0.495 e. The van der Waals surface area contributed by atoms with Gasteiger partial charge in [-0.05, 0) is 38.1 Å². The van der Waals surface area contributed by atoms with Crippen LogP contribution in [0.2, 0.25) is 5.02 Å². The molecule has 1 aromatic carbocycles. The number of thiazole rings is 1. The summed E-state index contributed by atoms with van der Waals surface area (Å²) in [6.07, 6.45) is 0. The van der Waals surface area contributed by atoms with E-state index in [2.05, 4.69) is 10.3 Å². The van der Waals surface area contributed by atoms with Crippen molar-refractivity contribution in [3.05, 3.63) is 50.0 Å². The summed E-state index contributed by atoms with van der Waals surface area (Å²) in [4.78, 5) is 18.9. The number of nitrogens with one attached hydrogen (secondary N) is 1. The first-order valence-electron chi connectivity index (χ1n) is 7.15. The molecule has 124 valence electrons. The fraction of sp³-hybridized carbons (Fsp3) is 0.176. The molecule has 0 aliphatic heterocycles. The van der Waals surface area contributed by atoms with E-state index in [4.69, 9.17) is 16.3 Å². The van der Waals surface area contributed by atoms with Crippen LogP contribution in [0.5, 0.6) is 5.75 Å². The number of anilines is 1. The molecule has 0 aliphatic carbocycles. The van der Waals surface area contributed by atoms with Crippen molar-refractivity contribution < 1.29 is 9.53 Å². The number of carbonyl (C=O) groups is 1. The van der Waals surface area contributed by atoms with Gasteiger partial charge in [0.05, 0.1) is 23.4 Å². The Morgan fingerprint density at radius 2 is 2.08 bits per heavy atom. The maximum atomic E-state index is 12.4. The molecule has 0 saturated carbocycles. The molecule has 2 heterocycles. The standard InChI is InChI=1S/C17H15ClN2O2S2/c1-9-6-12(10(2)24-9)16(21)20-17-19-14(8-23-17)11-4-5-15(22-3)13(18)7-11/h4-8H,1-3H3,(H,19,20,21). The molecular formula is C17H15ClN2O2S2. The molecule has 7 heteroatoms. The van der Waals surface area contributed by atoms with Gasteiger partial charge >= 0.3 is 0 Å². The number of ether oxygens (including phenoxy) is 1. The van der Waals surface area contributed by atoms with E-state index in [-0.39, 0.29) is 5.91 Å². The predicted molar refractivity (Wildman–Crippen MR) is 101 cm³/mol. The van der Waals surface area contributed by atoms with E-state index in [1.165, 1.54) is 11.3 Å². The summed E-state index contributed by atoms with van der Waals surface area (Å²) in [6.45, 7) is 3.93. The monoisotopic (exact) mass is 378 g/mol. The second kappa shape index (κ2) is 6.93. The summed E-state index contributed by atoms with van der Waals surface area (Å²) >= 11 is 9.15. The zero-order valence-electron chi connectivity index (χ0n) is 13.3. The molecular weight excluding hydrogens is 364 g/mol. The third kappa shape index (κ3) is 3.45. The smallest absolute Gasteiger partial charge is 0.258 e. The maximum absolute atomic E-state index is 12.4. The number of hydrogen-bond donors (Lipinski definition) is 1. The molecule has 4 nitrogen and oxygen atoms in total. The van der Waals surface area contributed by atoms with Crippen molar-refractivity contribution in [3.63, 3.8) is 0 Å². The number of hydrogen-bond acceptors (Lipinski definition) is 5. The molecule has 0 atom stereocenters. The fourth-order valence-electron chi connectivity index (χ4n) is 2.31. The summed E-state index contributed by atoms with van der Waals surface area (Å²) in [7, 11) is 1.57. The number of halogens is 1. The second-order valence-electron chi connectivity index (χ2n) is 5.17. The van der Waals surface area contributed by atoms with Crippen molar-refractivity contribution in [1.82, 2.24) is 4.98 Å². The number of thiophene rings is 1. The maximum Gasteiger partial charge on any atom is 0.258 e. The van der Waals surface area contributed by atoms with Crippen LogP contribution < -0.4 is 10.1 Å². The molecule has 0 fully saturated rings. The van der Waals surface area contributed by atoms with Gasteiger partial charge in [0.2, 0.25) is 0 Å². The van der Waals surface area contributed by atoms with Gasteiger partial charge in [-0.3, -0.25) is 10.1 Å². The molecule has 2 aromatic heterocycles. The minimum absolute atomic E-state index is 0.134. The highest BCUT2D eigenvalue weighted by molar-refractivity contribution is 7.14. The quantitative estimate of drug-likeness (QED) is 0.661. The number of aromatic nitrogens is 1. The van der Waals surface area contributed by atoms with E-state index in [9.17, 15) is 4.79 Å². The predicted octanol–water partition coefficient (Wildman–Crippen LogP) is 5.40. The number of carbonyl (C=O) groups excluding carboxylic acids is 1. The van der Waals surface area contributed by atoms with E-state index in [1.54, 1.807) is 30.6 Å². The van der Waals surface area contributed by atoms with Gasteiger partial charge in [-0.15, -0.1) is 22.7 Å². The van der Waals surface area contributed by atoms with Crippen LogP contribution in [0.25, 0.3) is 11.3 Å². The lowest BCUT2D eigenvalue weighted by atomic mass is 10.2. The Morgan fingerprint density at radius 1 is 1.29 bits per heavy atom. The average Bonchev–Trinajstić information content (AvgIpc) is 3.13. The highest BCUT2D eigenvalue weighted by atomic mass is 35.5. The van der Waals surface area contributed by atoms with E-state index < -0.39 is 0 Å². The Kier molecular flexibility index (Phi) is 4.89. The van der Waals surface area contributed by atoms with Crippen LogP contribution in [-0.2, 0) is 0 Å². The lowest BCUT2D eigenvalue weighted by Gasteiger charge is -2.04. The van der Waals surface area contributed by atoms with Crippen LogP contribution in [0.15, 0.2) is 29.6 Å². The first-order valence-corrected chi connectivity index (χ1v) is 9.23. The second-order valence-corrected chi connectivity index (χ2v) is 7.89. The summed E-state index contributed by atoms with van der Waals surface area (Å²) in [6, 6.07) is 7.38. The summed E-state index contributed by atoms with van der Waals surface area (Å²) in [5, 5.41) is 5.83. The van der Waals surface area contributed by atoms with E-state index in [0.29, 0.717) is 21.5 Å². The van der Waals surface area contributed by atoms with Crippen molar-refractivity contribution in [1.29, 1.82) is 0 Å². The van der Waals surface area contributed by atoms with Gasteiger partial charge in [-0.1, -0.05) is 11.6 Å². The molecule has 0 radical (unpaired) electrons. The Morgan fingerprint density at radius 3 is 2.71 bits per heavy atom. The molecule has 1 N–H and O–H groups in total. The van der Waals surface area contributed by atoms with E-state index in [0.717, 1.165) is 21.0 Å². The van der Waals surface area contributed by atoms with Crippen molar-refractivity contribution in [3.8, 4) is 17.0 Å². The van der Waals surface area contributed by atoms with Crippen LogP contribution in [0, 0.1) is 13.8 Å². The Balaban J connectivity index is 1.79. The third-order valence-corrected chi connectivity index (χ3v) is 5.48. The molecule has 1 amide bonds. The van der Waals surface area contributed by atoms with Crippen LogP contribution >= 0.6 is 34.3 Å². The zero-order valence-corrected chi connectivity index (χ0v) is 15.7. The highest BCUT2D eigenvalue weighted by Crippen LogP contribution is 2.32. The molecule has 24 heavy (non-hydrogen) atoms. The summed E-state index contributed by atoms with van der Waals surface area (Å²) in [5.74, 6) is 0.484. The molecule has 0 saturated heterocycles. The number of amides is 1. The first kappa shape index (κ1) is 17.0. The van der Waals surface area contributed by atoms with Gasteiger partial charge < -0.3 is 4.74 Å². The van der Waals surface area contributed by atoms with Crippen molar-refractivity contribution in [2.75, 3.05) is 12.4 Å². The molecule has 0 spiro atoms. The summed E-state index contributed by atoms with van der Waals surface area (Å²) in [5.41, 5.74) is 2.33. The van der Waals surface area contributed by atoms with Gasteiger partial charge in [0.1, 0.15) is 5.75 Å². The Hall–Kier alpha value is -1.89. The normalized spacial score (nSPS) is 10.7. The van der Waals surface area contributed by atoms with Crippen LogP contribution in [-0.4, -0.2) is 18.0 Å². The lowest BCUT2D eigenvalue weighted by molar-refractivity contribution is 0.102. The summed E-state index contributed by atoms with van der Waals surface area (Å²) < 4.78 is 5.15. The zero-order chi connectivity index (χ0) is 17.3. The number of rotatable bonds is 4. The highest BCUT2D eigenvalue weighted by Gasteiger charge is 2.14. The van der Waals surface area contributed by atoms with Gasteiger partial charge in [-0.25, -0.2) is 4.98 Å². The first-order chi connectivity index (χ1) is 11.5. The molecule has 3 rings (SSSR count). The number of aryl methyl sites for hydroxylation is 2. The van der Waals surface area contributed by atoms with Gasteiger partial charge in [0.25, 0.3) is 5.91 Å². The average molecular weight is 379 g/mol. The van der Waals surface area contributed by atoms with Gasteiger partial charge in [0, 0.05) is 20.7 Å². The Bertz CT molecular complexity index is 902. The van der Waals surface area contributed by atoms with E-state index in [1.807, 2.05) is 31.4 Å². The van der Waals surface area contributed by atoms with Crippen molar-refractivity contribution >= 4 is 45.3 Å². The van der Waals surface area contributed by atoms with Gasteiger partial charge in [-0.2, -0.15) is 0 Å². The fourth-order valence-corrected chi connectivity index (χ4v) is 4.20. The van der Waals surface area contributed by atoms with Crippen LogP contribution in [0.1, 0.15) is 20.1 Å². The number of methoxy groups -OCH3 is 1. The Labute approximate surface area is 153 Å². The molecule has 0 aliphatic rings. The van der Waals surface area contributed by atoms with Crippen molar-refractivity contribution in [2.45, 2.75) is 13.8 Å². The number of nitrogens with zero attached hydrogens (tertiary/aromatic N) is 1. The third-order valence-electron chi connectivity index (χ3n) is 3.46.